The zero-order valence-electron chi connectivity index (χ0n) is 14.4. The SMILES string of the molecule is Cc1ccc(CNc2ncnc3cc(-c4cccc(CO)c4)sc23)cc1. The minimum Gasteiger partial charge on any atom is -0.392 e. The van der Waals surface area contributed by atoms with Gasteiger partial charge in [-0.25, -0.2) is 9.97 Å². The van der Waals surface area contributed by atoms with E-state index in [4.69, 9.17) is 0 Å². The molecule has 4 rings (SSSR count). The Labute approximate surface area is 156 Å². The van der Waals surface area contributed by atoms with Crippen LogP contribution in [-0.4, -0.2) is 15.1 Å². The summed E-state index contributed by atoms with van der Waals surface area (Å²) in [7, 11) is 0. The predicted octanol–water partition coefficient (Wildman–Crippen LogP) is 4.77. The van der Waals surface area contributed by atoms with E-state index in [2.05, 4.69) is 58.6 Å². The summed E-state index contributed by atoms with van der Waals surface area (Å²) in [5, 5.41) is 12.8. The van der Waals surface area contributed by atoms with Crippen molar-refractivity contribution in [2.24, 2.45) is 0 Å². The molecule has 4 nitrogen and oxygen atoms in total. The van der Waals surface area contributed by atoms with Crippen LogP contribution in [0.15, 0.2) is 60.9 Å². The van der Waals surface area contributed by atoms with Gasteiger partial charge >= 0.3 is 0 Å². The highest BCUT2D eigenvalue weighted by molar-refractivity contribution is 7.22. The van der Waals surface area contributed by atoms with E-state index in [1.807, 2.05) is 18.2 Å². The predicted molar refractivity (Wildman–Crippen MR) is 107 cm³/mol. The number of thiophene rings is 1. The molecule has 2 heterocycles. The van der Waals surface area contributed by atoms with Crippen molar-refractivity contribution in [3.8, 4) is 10.4 Å². The number of hydrogen-bond donors (Lipinski definition) is 2. The second-order valence-corrected chi connectivity index (χ2v) is 7.30. The van der Waals surface area contributed by atoms with Gasteiger partial charge in [0.05, 0.1) is 16.8 Å². The second kappa shape index (κ2) is 7.23. The number of benzene rings is 2. The molecule has 2 N–H and O–H groups in total. The highest BCUT2D eigenvalue weighted by Gasteiger charge is 2.10. The lowest BCUT2D eigenvalue weighted by atomic mass is 10.1. The van der Waals surface area contributed by atoms with E-state index in [-0.39, 0.29) is 6.61 Å². The normalized spacial score (nSPS) is 11.0. The fraction of sp³-hybridized carbons (Fsp3) is 0.143. The van der Waals surface area contributed by atoms with E-state index in [0.29, 0.717) is 0 Å². The molecule has 0 saturated heterocycles. The molecule has 2 aromatic carbocycles. The summed E-state index contributed by atoms with van der Waals surface area (Å²) in [6.45, 7) is 2.85. The maximum atomic E-state index is 9.36. The summed E-state index contributed by atoms with van der Waals surface area (Å²) in [6, 6.07) is 18.5. The topological polar surface area (TPSA) is 58.0 Å². The molecule has 0 saturated carbocycles. The zero-order chi connectivity index (χ0) is 17.9. The Hall–Kier alpha value is -2.76. The Bertz CT molecular complexity index is 1040. The van der Waals surface area contributed by atoms with Crippen LogP contribution >= 0.6 is 11.3 Å². The summed E-state index contributed by atoms with van der Waals surface area (Å²) < 4.78 is 1.05. The van der Waals surface area contributed by atoms with Gasteiger partial charge in [-0.15, -0.1) is 11.3 Å². The van der Waals surface area contributed by atoms with Crippen molar-refractivity contribution in [3.05, 3.63) is 77.6 Å². The maximum absolute atomic E-state index is 9.36. The Kier molecular flexibility index (Phi) is 4.65. The van der Waals surface area contributed by atoms with Crippen LogP contribution in [0.5, 0.6) is 0 Å². The molecule has 0 atom stereocenters. The lowest BCUT2D eigenvalue weighted by Gasteiger charge is -2.06. The van der Waals surface area contributed by atoms with Crippen LogP contribution < -0.4 is 5.32 Å². The summed E-state index contributed by atoms with van der Waals surface area (Å²) in [5.74, 6) is 0.852. The van der Waals surface area contributed by atoms with Crippen molar-refractivity contribution >= 4 is 27.4 Å². The average Bonchev–Trinajstić information content (AvgIpc) is 3.12. The lowest BCUT2D eigenvalue weighted by Crippen LogP contribution is -2.01. The third kappa shape index (κ3) is 3.45. The highest BCUT2D eigenvalue weighted by atomic mass is 32.1. The first kappa shape index (κ1) is 16.7. The van der Waals surface area contributed by atoms with Crippen LogP contribution in [0.4, 0.5) is 5.82 Å². The molecule has 26 heavy (non-hydrogen) atoms. The largest absolute Gasteiger partial charge is 0.392 e. The number of hydrogen-bond acceptors (Lipinski definition) is 5. The number of nitrogens with one attached hydrogen (secondary N) is 1. The molecular weight excluding hydrogens is 342 g/mol. The lowest BCUT2D eigenvalue weighted by molar-refractivity contribution is 0.282. The molecule has 0 radical (unpaired) electrons. The summed E-state index contributed by atoms with van der Waals surface area (Å²) in [6.07, 6.45) is 1.60. The monoisotopic (exact) mass is 361 g/mol. The number of aliphatic hydroxyl groups excluding tert-OH is 1. The van der Waals surface area contributed by atoms with E-state index < -0.39 is 0 Å². The van der Waals surface area contributed by atoms with E-state index in [1.165, 1.54) is 11.1 Å². The van der Waals surface area contributed by atoms with Crippen LogP contribution in [0.2, 0.25) is 0 Å². The van der Waals surface area contributed by atoms with Crippen LogP contribution in [0.3, 0.4) is 0 Å². The van der Waals surface area contributed by atoms with Crippen LogP contribution in [0.25, 0.3) is 20.7 Å². The summed E-state index contributed by atoms with van der Waals surface area (Å²) >= 11 is 1.66. The molecular formula is C21H19N3OS. The Morgan fingerprint density at radius 1 is 1.00 bits per heavy atom. The van der Waals surface area contributed by atoms with Crippen molar-refractivity contribution < 1.29 is 5.11 Å². The number of nitrogens with zero attached hydrogens (tertiary/aromatic N) is 2. The molecule has 130 valence electrons. The van der Waals surface area contributed by atoms with Crippen molar-refractivity contribution in [3.63, 3.8) is 0 Å². The van der Waals surface area contributed by atoms with Crippen molar-refractivity contribution in [1.82, 2.24) is 9.97 Å². The first-order valence-electron chi connectivity index (χ1n) is 8.47. The number of aryl methyl sites for hydroxylation is 1. The minimum atomic E-state index is 0.0435. The van der Waals surface area contributed by atoms with Crippen molar-refractivity contribution in [1.29, 1.82) is 0 Å². The molecule has 2 aromatic heterocycles. The standard InChI is InChI=1S/C21H19N3OS/c1-14-5-7-15(8-6-14)11-22-21-20-18(23-13-24-21)10-19(26-20)17-4-2-3-16(9-17)12-25/h2-10,13,25H,11-12H2,1H3,(H,22,23,24). The van der Waals surface area contributed by atoms with Crippen LogP contribution in [0, 0.1) is 6.92 Å². The Morgan fingerprint density at radius 2 is 1.85 bits per heavy atom. The average molecular weight is 361 g/mol. The molecule has 0 bridgehead atoms. The minimum absolute atomic E-state index is 0.0435. The zero-order valence-corrected chi connectivity index (χ0v) is 15.3. The number of anilines is 1. The Balaban J connectivity index is 1.63. The summed E-state index contributed by atoms with van der Waals surface area (Å²) in [4.78, 5) is 9.96. The van der Waals surface area contributed by atoms with Gasteiger partial charge in [0, 0.05) is 11.4 Å². The maximum Gasteiger partial charge on any atom is 0.147 e. The smallest absolute Gasteiger partial charge is 0.147 e. The molecule has 0 amide bonds. The molecule has 0 unspecified atom stereocenters. The Morgan fingerprint density at radius 3 is 2.65 bits per heavy atom. The van der Waals surface area contributed by atoms with Crippen LogP contribution in [-0.2, 0) is 13.2 Å². The highest BCUT2D eigenvalue weighted by Crippen LogP contribution is 2.36. The third-order valence-corrected chi connectivity index (χ3v) is 5.47. The quantitative estimate of drug-likeness (QED) is 0.537. The number of aliphatic hydroxyl groups is 1. The van der Waals surface area contributed by atoms with Gasteiger partial charge in [0.2, 0.25) is 0 Å². The van der Waals surface area contributed by atoms with E-state index in [9.17, 15) is 5.11 Å². The third-order valence-electron chi connectivity index (χ3n) is 4.29. The number of rotatable bonds is 5. The number of fused-ring (bicyclic) bond motifs is 1. The first-order valence-corrected chi connectivity index (χ1v) is 9.29. The van der Waals surface area contributed by atoms with E-state index in [0.717, 1.165) is 38.6 Å². The van der Waals surface area contributed by atoms with E-state index >= 15 is 0 Å². The fourth-order valence-electron chi connectivity index (χ4n) is 2.84. The van der Waals surface area contributed by atoms with Gasteiger partial charge < -0.3 is 10.4 Å². The fourth-order valence-corrected chi connectivity index (χ4v) is 3.91. The van der Waals surface area contributed by atoms with Gasteiger partial charge in [0.25, 0.3) is 0 Å². The van der Waals surface area contributed by atoms with Gasteiger partial charge in [0.15, 0.2) is 0 Å². The molecule has 0 aliphatic heterocycles. The second-order valence-electron chi connectivity index (χ2n) is 6.24. The van der Waals surface area contributed by atoms with Gasteiger partial charge in [-0.05, 0) is 35.7 Å². The molecule has 5 heteroatoms. The van der Waals surface area contributed by atoms with Crippen LogP contribution in [0.1, 0.15) is 16.7 Å². The van der Waals surface area contributed by atoms with Gasteiger partial charge in [-0.2, -0.15) is 0 Å². The number of aromatic nitrogens is 2. The molecule has 0 aliphatic rings. The molecule has 0 fully saturated rings. The molecule has 0 aliphatic carbocycles. The first-order chi connectivity index (χ1) is 12.7. The van der Waals surface area contributed by atoms with Gasteiger partial charge in [0.1, 0.15) is 12.1 Å². The van der Waals surface area contributed by atoms with E-state index in [1.54, 1.807) is 17.7 Å². The molecule has 4 aromatic rings. The molecule has 0 spiro atoms. The van der Waals surface area contributed by atoms with Crippen molar-refractivity contribution in [2.75, 3.05) is 5.32 Å². The summed E-state index contributed by atoms with van der Waals surface area (Å²) in [5.41, 5.74) is 5.40. The van der Waals surface area contributed by atoms with Gasteiger partial charge in [-0.1, -0.05) is 48.0 Å². The van der Waals surface area contributed by atoms with Crippen molar-refractivity contribution in [2.45, 2.75) is 20.1 Å². The van der Waals surface area contributed by atoms with Gasteiger partial charge in [-0.3, -0.25) is 0 Å².